The number of unbranched alkanes of at least 4 members (excludes halogenated alkanes) is 1. The van der Waals surface area contributed by atoms with Gasteiger partial charge in [-0.1, -0.05) is 13.3 Å². The fourth-order valence-electron chi connectivity index (χ4n) is 1.83. The minimum absolute atomic E-state index is 0.277. The number of carbonyl (C=O) groups excluding carboxylic acids is 3. The average Bonchev–Trinajstić information content (AvgIpc) is 2.83. The molecule has 0 aromatic heterocycles. The maximum absolute atomic E-state index is 11.6. The van der Waals surface area contributed by atoms with Gasteiger partial charge in [-0.25, -0.2) is 4.79 Å². The lowest BCUT2D eigenvalue weighted by atomic mass is 10.2. The predicted molar refractivity (Wildman–Crippen MR) is 75.5 cm³/mol. The molecule has 0 unspecified atom stereocenters. The SMILES string of the molecule is CCCCOCCCNC(=O)CC(=O)N[C@H]1CCOC1=O. The third kappa shape index (κ3) is 7.65. The normalized spacial score (nSPS) is 17.4. The van der Waals surface area contributed by atoms with E-state index in [1.165, 1.54) is 0 Å². The lowest BCUT2D eigenvalue weighted by Gasteiger charge is -2.09. The van der Waals surface area contributed by atoms with Gasteiger partial charge in [-0.3, -0.25) is 9.59 Å². The molecule has 0 aromatic carbocycles. The molecular formula is C14H24N2O5. The second-order valence-electron chi connectivity index (χ2n) is 4.92. The second-order valence-corrected chi connectivity index (χ2v) is 4.92. The molecule has 21 heavy (non-hydrogen) atoms. The highest BCUT2D eigenvalue weighted by Gasteiger charge is 2.28. The molecule has 7 nitrogen and oxygen atoms in total. The molecule has 1 rings (SSSR count). The van der Waals surface area contributed by atoms with E-state index in [0.717, 1.165) is 19.4 Å². The number of carbonyl (C=O) groups is 3. The molecule has 0 spiro atoms. The summed E-state index contributed by atoms with van der Waals surface area (Å²) in [5, 5.41) is 5.13. The molecule has 7 heteroatoms. The van der Waals surface area contributed by atoms with Crippen molar-refractivity contribution in [1.29, 1.82) is 0 Å². The Hall–Kier alpha value is -1.63. The standard InChI is InChI=1S/C14H24N2O5/c1-2-3-7-20-8-4-6-15-12(17)10-13(18)16-11-5-9-21-14(11)19/h11H,2-10H2,1H3,(H,15,17)(H,16,18)/t11-/m0/s1. The van der Waals surface area contributed by atoms with Crippen molar-refractivity contribution in [2.75, 3.05) is 26.4 Å². The Labute approximate surface area is 124 Å². The molecule has 0 aromatic rings. The van der Waals surface area contributed by atoms with Crippen LogP contribution in [0.25, 0.3) is 0 Å². The number of hydrogen-bond donors (Lipinski definition) is 2. The highest BCUT2D eigenvalue weighted by molar-refractivity contribution is 5.98. The molecule has 1 fully saturated rings. The Morgan fingerprint density at radius 3 is 2.71 bits per heavy atom. The van der Waals surface area contributed by atoms with Gasteiger partial charge in [-0.2, -0.15) is 0 Å². The van der Waals surface area contributed by atoms with E-state index in [0.29, 0.717) is 32.6 Å². The van der Waals surface area contributed by atoms with E-state index in [9.17, 15) is 14.4 Å². The quantitative estimate of drug-likeness (QED) is 0.340. The zero-order chi connectivity index (χ0) is 15.5. The van der Waals surface area contributed by atoms with Gasteiger partial charge < -0.3 is 20.1 Å². The van der Waals surface area contributed by atoms with Crippen LogP contribution in [0.4, 0.5) is 0 Å². The van der Waals surface area contributed by atoms with E-state index in [1.807, 2.05) is 0 Å². The number of cyclic esters (lactones) is 1. The topological polar surface area (TPSA) is 93.7 Å². The van der Waals surface area contributed by atoms with Crippen LogP contribution in [0, 0.1) is 0 Å². The molecule has 1 aliphatic rings. The molecule has 2 N–H and O–H groups in total. The summed E-state index contributed by atoms with van der Waals surface area (Å²) in [6.07, 6.45) is 3.03. The van der Waals surface area contributed by atoms with Crippen molar-refractivity contribution in [1.82, 2.24) is 10.6 Å². The van der Waals surface area contributed by atoms with Crippen molar-refractivity contribution in [3.8, 4) is 0 Å². The van der Waals surface area contributed by atoms with Crippen LogP contribution in [0.5, 0.6) is 0 Å². The van der Waals surface area contributed by atoms with Crippen LogP contribution in [0.1, 0.15) is 39.0 Å². The fourth-order valence-corrected chi connectivity index (χ4v) is 1.83. The van der Waals surface area contributed by atoms with Crippen molar-refractivity contribution >= 4 is 17.8 Å². The van der Waals surface area contributed by atoms with Crippen molar-refractivity contribution in [3.63, 3.8) is 0 Å². The number of amides is 2. The van der Waals surface area contributed by atoms with E-state index in [2.05, 4.69) is 17.6 Å². The Kier molecular flexibility index (Phi) is 8.42. The van der Waals surface area contributed by atoms with Crippen LogP contribution in [0.15, 0.2) is 0 Å². The van der Waals surface area contributed by atoms with Crippen LogP contribution in [0.3, 0.4) is 0 Å². The van der Waals surface area contributed by atoms with Crippen molar-refractivity contribution in [3.05, 3.63) is 0 Å². The molecular weight excluding hydrogens is 276 g/mol. The molecule has 0 radical (unpaired) electrons. The zero-order valence-electron chi connectivity index (χ0n) is 12.5. The summed E-state index contributed by atoms with van der Waals surface area (Å²) < 4.78 is 10.1. The maximum atomic E-state index is 11.6. The van der Waals surface area contributed by atoms with E-state index < -0.39 is 17.9 Å². The molecule has 1 atom stereocenters. The first kappa shape index (κ1) is 17.4. The van der Waals surface area contributed by atoms with E-state index in [-0.39, 0.29) is 12.3 Å². The highest BCUT2D eigenvalue weighted by Crippen LogP contribution is 2.05. The zero-order valence-corrected chi connectivity index (χ0v) is 12.5. The lowest BCUT2D eigenvalue weighted by molar-refractivity contribution is -0.142. The average molecular weight is 300 g/mol. The van der Waals surface area contributed by atoms with Crippen LogP contribution in [0.2, 0.25) is 0 Å². The summed E-state index contributed by atoms with van der Waals surface area (Å²) >= 11 is 0. The lowest BCUT2D eigenvalue weighted by Crippen LogP contribution is -2.40. The summed E-state index contributed by atoms with van der Waals surface area (Å²) in [5.74, 6) is -1.25. The number of rotatable bonds is 10. The Morgan fingerprint density at radius 1 is 1.29 bits per heavy atom. The Balaban J connectivity index is 2.02. The van der Waals surface area contributed by atoms with Gasteiger partial charge in [-0.15, -0.1) is 0 Å². The first-order valence-electron chi connectivity index (χ1n) is 7.44. The smallest absolute Gasteiger partial charge is 0.328 e. The summed E-state index contributed by atoms with van der Waals surface area (Å²) in [7, 11) is 0. The minimum atomic E-state index is -0.614. The van der Waals surface area contributed by atoms with Crippen molar-refractivity contribution in [2.24, 2.45) is 0 Å². The van der Waals surface area contributed by atoms with Gasteiger partial charge >= 0.3 is 5.97 Å². The largest absolute Gasteiger partial charge is 0.464 e. The molecule has 2 amide bonds. The Bertz CT molecular complexity index is 359. The second kappa shape index (κ2) is 10.1. The van der Waals surface area contributed by atoms with Gasteiger partial charge in [0.15, 0.2) is 0 Å². The predicted octanol–water partition coefficient (Wildman–Crippen LogP) is 0.131. The van der Waals surface area contributed by atoms with Crippen LogP contribution in [-0.4, -0.2) is 50.2 Å². The molecule has 0 saturated carbocycles. The first-order chi connectivity index (χ1) is 10.1. The van der Waals surface area contributed by atoms with E-state index in [1.54, 1.807) is 0 Å². The number of esters is 1. The summed E-state index contributed by atoms with van der Waals surface area (Å²) in [5.41, 5.74) is 0. The summed E-state index contributed by atoms with van der Waals surface area (Å²) in [6.45, 7) is 4.22. The Morgan fingerprint density at radius 2 is 2.05 bits per heavy atom. The number of hydrogen-bond acceptors (Lipinski definition) is 5. The van der Waals surface area contributed by atoms with Gasteiger partial charge in [0.1, 0.15) is 12.5 Å². The van der Waals surface area contributed by atoms with E-state index in [4.69, 9.17) is 9.47 Å². The van der Waals surface area contributed by atoms with Gasteiger partial charge in [0.25, 0.3) is 0 Å². The van der Waals surface area contributed by atoms with Crippen LogP contribution >= 0.6 is 0 Å². The first-order valence-corrected chi connectivity index (χ1v) is 7.44. The molecule has 0 aliphatic carbocycles. The third-order valence-electron chi connectivity index (χ3n) is 3.02. The summed E-state index contributed by atoms with van der Waals surface area (Å²) in [6, 6.07) is -0.614. The molecule has 1 heterocycles. The van der Waals surface area contributed by atoms with Gasteiger partial charge in [-0.05, 0) is 12.8 Å². The molecule has 1 aliphatic heterocycles. The van der Waals surface area contributed by atoms with Crippen molar-refractivity contribution in [2.45, 2.75) is 45.1 Å². The monoisotopic (exact) mass is 300 g/mol. The third-order valence-corrected chi connectivity index (χ3v) is 3.02. The minimum Gasteiger partial charge on any atom is -0.464 e. The number of ether oxygens (including phenoxy) is 2. The molecule has 120 valence electrons. The van der Waals surface area contributed by atoms with Crippen LogP contribution in [-0.2, 0) is 23.9 Å². The van der Waals surface area contributed by atoms with Gasteiger partial charge in [0.05, 0.1) is 6.61 Å². The fraction of sp³-hybridized carbons (Fsp3) is 0.786. The van der Waals surface area contributed by atoms with Crippen molar-refractivity contribution < 1.29 is 23.9 Å². The highest BCUT2D eigenvalue weighted by atomic mass is 16.5. The van der Waals surface area contributed by atoms with Gasteiger partial charge in [0.2, 0.25) is 11.8 Å². The van der Waals surface area contributed by atoms with Gasteiger partial charge in [0, 0.05) is 26.2 Å². The molecule has 0 bridgehead atoms. The van der Waals surface area contributed by atoms with E-state index >= 15 is 0 Å². The van der Waals surface area contributed by atoms with Crippen LogP contribution < -0.4 is 10.6 Å². The summed E-state index contributed by atoms with van der Waals surface area (Å²) in [4.78, 5) is 34.2. The number of nitrogens with one attached hydrogen (secondary N) is 2. The maximum Gasteiger partial charge on any atom is 0.328 e. The molecule has 1 saturated heterocycles.